The second kappa shape index (κ2) is 6.62. The molecule has 2 rings (SSSR count). The average molecular weight is 264 g/mol. The number of halogens is 1. The van der Waals surface area contributed by atoms with Crippen molar-refractivity contribution in [3.63, 3.8) is 0 Å². The topological polar surface area (TPSA) is 25.2 Å². The van der Waals surface area contributed by atoms with Crippen LogP contribution in [0.5, 0.6) is 0 Å². The Kier molecular flexibility index (Phi) is 4.85. The summed E-state index contributed by atoms with van der Waals surface area (Å²) in [6.07, 6.45) is 3.65. The normalized spacial score (nSPS) is 12.6. The number of rotatable bonds is 6. The van der Waals surface area contributed by atoms with Crippen LogP contribution in [0, 0.1) is 0 Å². The molecule has 2 nitrogen and oxygen atoms in total. The summed E-state index contributed by atoms with van der Waals surface area (Å²) in [5, 5.41) is 4.31. The minimum absolute atomic E-state index is 0.180. The molecule has 1 unspecified atom stereocenters. The molecule has 0 aliphatic heterocycles. The van der Waals surface area contributed by atoms with Gasteiger partial charge in [0.25, 0.3) is 0 Å². The predicted molar refractivity (Wildman–Crippen MR) is 74.9 cm³/mol. The van der Waals surface area contributed by atoms with E-state index in [1.54, 1.807) is 6.26 Å². The van der Waals surface area contributed by atoms with Gasteiger partial charge in [-0.15, -0.1) is 0 Å². The number of furan rings is 1. The zero-order valence-electron chi connectivity index (χ0n) is 10.5. The molecule has 0 spiro atoms. The van der Waals surface area contributed by atoms with Crippen LogP contribution < -0.4 is 5.32 Å². The van der Waals surface area contributed by atoms with E-state index >= 15 is 0 Å². The lowest BCUT2D eigenvalue weighted by atomic mass is 10.0. The molecule has 0 aliphatic rings. The van der Waals surface area contributed by atoms with Crippen molar-refractivity contribution in [2.75, 3.05) is 6.54 Å². The van der Waals surface area contributed by atoms with E-state index in [4.69, 9.17) is 16.0 Å². The Bertz CT molecular complexity index is 467. The van der Waals surface area contributed by atoms with Crippen molar-refractivity contribution in [3.05, 3.63) is 59.0 Å². The highest BCUT2D eigenvalue weighted by Gasteiger charge is 2.15. The molecule has 0 fully saturated rings. The second-order valence-electron chi connectivity index (χ2n) is 4.32. The summed E-state index contributed by atoms with van der Waals surface area (Å²) in [5.41, 5.74) is 1.14. The van der Waals surface area contributed by atoms with Gasteiger partial charge in [0, 0.05) is 5.02 Å². The summed E-state index contributed by atoms with van der Waals surface area (Å²) in [7, 11) is 0. The molecular weight excluding hydrogens is 246 g/mol. The summed E-state index contributed by atoms with van der Waals surface area (Å²) in [4.78, 5) is 0. The van der Waals surface area contributed by atoms with E-state index in [1.807, 2.05) is 30.3 Å². The Morgan fingerprint density at radius 2 is 2.06 bits per heavy atom. The van der Waals surface area contributed by atoms with Gasteiger partial charge < -0.3 is 9.73 Å². The maximum atomic E-state index is 6.21. The Morgan fingerprint density at radius 3 is 2.72 bits per heavy atom. The van der Waals surface area contributed by atoms with Crippen LogP contribution in [-0.4, -0.2) is 6.54 Å². The Morgan fingerprint density at radius 1 is 1.22 bits per heavy atom. The monoisotopic (exact) mass is 263 g/mol. The third kappa shape index (κ3) is 3.37. The number of nitrogens with one attached hydrogen (secondary N) is 1. The first-order valence-corrected chi connectivity index (χ1v) is 6.69. The quantitative estimate of drug-likeness (QED) is 0.844. The average Bonchev–Trinajstić information content (AvgIpc) is 2.90. The Hall–Kier alpha value is -1.25. The lowest BCUT2D eigenvalue weighted by molar-refractivity contribution is 0.410. The van der Waals surface area contributed by atoms with Gasteiger partial charge in [-0.05, 0) is 43.1 Å². The van der Waals surface area contributed by atoms with Gasteiger partial charge in [-0.2, -0.15) is 0 Å². The number of hydrogen-bond donors (Lipinski definition) is 1. The van der Waals surface area contributed by atoms with Crippen molar-refractivity contribution in [1.82, 2.24) is 5.32 Å². The first-order chi connectivity index (χ1) is 8.81. The SMILES string of the molecule is CCCNC(Cc1ccccc1Cl)c1ccco1. The van der Waals surface area contributed by atoms with Gasteiger partial charge in [0.2, 0.25) is 0 Å². The molecule has 0 aliphatic carbocycles. The summed E-state index contributed by atoms with van der Waals surface area (Å²) in [6, 6.07) is 12.1. The van der Waals surface area contributed by atoms with Crippen LogP contribution in [-0.2, 0) is 6.42 Å². The molecule has 3 heteroatoms. The van der Waals surface area contributed by atoms with E-state index in [2.05, 4.69) is 18.3 Å². The van der Waals surface area contributed by atoms with Gasteiger partial charge in [0.15, 0.2) is 0 Å². The molecule has 0 bridgehead atoms. The van der Waals surface area contributed by atoms with E-state index in [0.717, 1.165) is 35.7 Å². The lowest BCUT2D eigenvalue weighted by Crippen LogP contribution is -2.23. The first-order valence-electron chi connectivity index (χ1n) is 6.31. The van der Waals surface area contributed by atoms with E-state index in [0.29, 0.717) is 0 Å². The molecule has 0 amide bonds. The highest BCUT2D eigenvalue weighted by molar-refractivity contribution is 6.31. The zero-order chi connectivity index (χ0) is 12.8. The van der Waals surface area contributed by atoms with Gasteiger partial charge >= 0.3 is 0 Å². The van der Waals surface area contributed by atoms with E-state index in [9.17, 15) is 0 Å². The molecular formula is C15H18ClNO. The molecule has 1 heterocycles. The first kappa shape index (κ1) is 13.2. The van der Waals surface area contributed by atoms with Gasteiger partial charge in [-0.1, -0.05) is 36.7 Å². The maximum absolute atomic E-state index is 6.21. The summed E-state index contributed by atoms with van der Waals surface area (Å²) in [6.45, 7) is 3.12. The van der Waals surface area contributed by atoms with Gasteiger partial charge in [0.05, 0.1) is 12.3 Å². The summed E-state index contributed by atoms with van der Waals surface area (Å²) >= 11 is 6.21. The van der Waals surface area contributed by atoms with Gasteiger partial charge in [-0.25, -0.2) is 0 Å². The van der Waals surface area contributed by atoms with Crippen LogP contribution in [0.4, 0.5) is 0 Å². The molecule has 1 N–H and O–H groups in total. The second-order valence-corrected chi connectivity index (χ2v) is 4.72. The molecule has 2 aromatic rings. The fraction of sp³-hybridized carbons (Fsp3) is 0.333. The van der Waals surface area contributed by atoms with E-state index in [1.165, 1.54) is 0 Å². The standard InChI is InChI=1S/C15H18ClNO/c1-2-9-17-14(15-8-5-10-18-15)11-12-6-3-4-7-13(12)16/h3-8,10,14,17H,2,9,11H2,1H3. The summed E-state index contributed by atoms with van der Waals surface area (Å²) in [5.74, 6) is 0.961. The van der Waals surface area contributed by atoms with Crippen molar-refractivity contribution in [3.8, 4) is 0 Å². The van der Waals surface area contributed by atoms with Crippen LogP contribution in [0.1, 0.15) is 30.7 Å². The molecule has 1 aromatic carbocycles. The third-order valence-corrected chi connectivity index (χ3v) is 3.28. The molecule has 0 saturated carbocycles. The molecule has 0 saturated heterocycles. The fourth-order valence-corrected chi connectivity index (χ4v) is 2.18. The molecule has 0 radical (unpaired) electrons. The van der Waals surface area contributed by atoms with E-state index < -0.39 is 0 Å². The van der Waals surface area contributed by atoms with Crippen LogP contribution in [0.25, 0.3) is 0 Å². The van der Waals surface area contributed by atoms with Crippen LogP contribution in [0.2, 0.25) is 5.02 Å². The largest absolute Gasteiger partial charge is 0.468 e. The van der Waals surface area contributed by atoms with Crippen molar-refractivity contribution < 1.29 is 4.42 Å². The third-order valence-electron chi connectivity index (χ3n) is 2.91. The lowest BCUT2D eigenvalue weighted by Gasteiger charge is -2.17. The Balaban J connectivity index is 2.13. The maximum Gasteiger partial charge on any atom is 0.121 e. The fourth-order valence-electron chi connectivity index (χ4n) is 1.97. The minimum atomic E-state index is 0.180. The highest BCUT2D eigenvalue weighted by atomic mass is 35.5. The molecule has 96 valence electrons. The van der Waals surface area contributed by atoms with Crippen molar-refractivity contribution in [2.24, 2.45) is 0 Å². The van der Waals surface area contributed by atoms with Crippen LogP contribution >= 0.6 is 11.6 Å². The predicted octanol–water partition coefficient (Wildman–Crippen LogP) is 4.22. The number of hydrogen-bond acceptors (Lipinski definition) is 2. The van der Waals surface area contributed by atoms with Gasteiger partial charge in [-0.3, -0.25) is 0 Å². The highest BCUT2D eigenvalue weighted by Crippen LogP contribution is 2.23. The zero-order valence-corrected chi connectivity index (χ0v) is 11.3. The Labute approximate surface area is 113 Å². The van der Waals surface area contributed by atoms with Crippen LogP contribution in [0.3, 0.4) is 0 Å². The smallest absolute Gasteiger partial charge is 0.121 e. The van der Waals surface area contributed by atoms with Crippen molar-refractivity contribution in [1.29, 1.82) is 0 Å². The van der Waals surface area contributed by atoms with E-state index in [-0.39, 0.29) is 6.04 Å². The molecule has 1 aromatic heterocycles. The molecule has 1 atom stereocenters. The number of benzene rings is 1. The van der Waals surface area contributed by atoms with Crippen molar-refractivity contribution in [2.45, 2.75) is 25.8 Å². The van der Waals surface area contributed by atoms with Crippen LogP contribution in [0.15, 0.2) is 47.1 Å². The molecule has 18 heavy (non-hydrogen) atoms. The summed E-state index contributed by atoms with van der Waals surface area (Å²) < 4.78 is 5.50. The van der Waals surface area contributed by atoms with Gasteiger partial charge in [0.1, 0.15) is 5.76 Å². The van der Waals surface area contributed by atoms with Crippen molar-refractivity contribution >= 4 is 11.6 Å². The minimum Gasteiger partial charge on any atom is -0.468 e.